The second kappa shape index (κ2) is 8.06. The van der Waals surface area contributed by atoms with Crippen molar-refractivity contribution in [3.05, 3.63) is 35.6 Å². The Balaban J connectivity index is 2.08. The molecule has 1 aromatic rings. The molecule has 6 heteroatoms. The van der Waals surface area contributed by atoms with Crippen LogP contribution in [0.2, 0.25) is 0 Å². The van der Waals surface area contributed by atoms with Crippen LogP contribution >= 0.6 is 0 Å². The van der Waals surface area contributed by atoms with E-state index in [0.717, 1.165) is 0 Å². The summed E-state index contributed by atoms with van der Waals surface area (Å²) in [5, 5.41) is 9.09. The normalized spacial score (nSPS) is 16.8. The van der Waals surface area contributed by atoms with Crippen LogP contribution in [0.3, 0.4) is 0 Å². The van der Waals surface area contributed by atoms with E-state index in [1.807, 2.05) is 0 Å². The van der Waals surface area contributed by atoms with Crippen LogP contribution in [0.5, 0.6) is 0 Å². The van der Waals surface area contributed by atoms with Crippen LogP contribution in [-0.4, -0.2) is 47.7 Å². The lowest BCUT2D eigenvalue weighted by atomic mass is 9.97. The molecule has 1 aliphatic heterocycles. The first kappa shape index (κ1) is 17.4. The van der Waals surface area contributed by atoms with Gasteiger partial charge in [0, 0.05) is 25.2 Å². The maximum atomic E-state index is 13.7. The number of nitrogens with zero attached hydrogens (tertiary/aromatic N) is 1. The van der Waals surface area contributed by atoms with Gasteiger partial charge in [-0.05, 0) is 30.9 Å². The number of hydrogen-bond acceptors (Lipinski definition) is 3. The van der Waals surface area contributed by atoms with E-state index in [4.69, 9.17) is 9.84 Å². The van der Waals surface area contributed by atoms with Gasteiger partial charge < -0.3 is 14.7 Å². The Morgan fingerprint density at radius 3 is 2.61 bits per heavy atom. The number of halogens is 1. The lowest BCUT2D eigenvalue weighted by Crippen LogP contribution is -2.48. The third-order valence-corrected chi connectivity index (χ3v) is 4.13. The molecule has 0 saturated carbocycles. The number of carbonyl (C=O) groups is 2. The second-order valence-corrected chi connectivity index (χ2v) is 5.90. The largest absolute Gasteiger partial charge is 0.480 e. The molecule has 1 atom stereocenters. The number of amides is 1. The van der Waals surface area contributed by atoms with Crippen LogP contribution in [-0.2, 0) is 20.7 Å². The molecule has 1 heterocycles. The van der Waals surface area contributed by atoms with Crippen LogP contribution in [0.4, 0.5) is 4.39 Å². The van der Waals surface area contributed by atoms with Gasteiger partial charge in [0.2, 0.25) is 5.91 Å². The molecule has 1 aromatic carbocycles. The molecule has 23 heavy (non-hydrogen) atoms. The average molecular weight is 323 g/mol. The van der Waals surface area contributed by atoms with E-state index >= 15 is 0 Å². The summed E-state index contributed by atoms with van der Waals surface area (Å²) in [5.41, 5.74) is 0.468. The van der Waals surface area contributed by atoms with E-state index in [1.165, 1.54) is 11.0 Å². The van der Waals surface area contributed by atoms with E-state index in [1.54, 1.807) is 25.1 Å². The maximum Gasteiger partial charge on any atom is 0.323 e. The molecule has 1 aliphatic rings. The average Bonchev–Trinajstić information content (AvgIpc) is 2.54. The van der Waals surface area contributed by atoms with Crippen LogP contribution in [0.25, 0.3) is 0 Å². The molecule has 1 N–H and O–H groups in total. The fraction of sp³-hybridized carbons (Fsp3) is 0.529. The number of carbonyl (C=O) groups excluding carboxylic acids is 1. The highest BCUT2D eigenvalue weighted by Crippen LogP contribution is 2.20. The van der Waals surface area contributed by atoms with Gasteiger partial charge in [-0.2, -0.15) is 0 Å². The quantitative estimate of drug-likeness (QED) is 0.870. The zero-order valence-corrected chi connectivity index (χ0v) is 13.2. The standard InChI is InChI=1S/C17H22FNO4/c1-12(10-13-4-2-3-5-15(13)18)17(22)19(11-16(20)21)14-6-8-23-9-7-14/h2-5,12,14H,6-11H2,1H3,(H,20,21)/t12-/m0/s1. The van der Waals surface area contributed by atoms with Gasteiger partial charge in [0.15, 0.2) is 0 Å². The highest BCUT2D eigenvalue weighted by atomic mass is 19.1. The number of ether oxygens (including phenoxy) is 1. The van der Waals surface area contributed by atoms with Crippen molar-refractivity contribution in [1.82, 2.24) is 4.90 Å². The number of hydrogen-bond donors (Lipinski definition) is 1. The van der Waals surface area contributed by atoms with Crippen LogP contribution in [0.1, 0.15) is 25.3 Å². The molecule has 5 nitrogen and oxygen atoms in total. The molecule has 0 aromatic heterocycles. The smallest absolute Gasteiger partial charge is 0.323 e. The SMILES string of the molecule is C[C@@H](Cc1ccccc1F)C(=O)N(CC(=O)O)C1CCOCC1. The third-order valence-electron chi connectivity index (χ3n) is 4.13. The Labute approximate surface area is 135 Å². The molecule has 0 bridgehead atoms. The van der Waals surface area contributed by atoms with E-state index in [9.17, 15) is 14.0 Å². The first-order chi connectivity index (χ1) is 11.0. The Bertz CT molecular complexity index is 557. The summed E-state index contributed by atoms with van der Waals surface area (Å²) in [4.78, 5) is 25.2. The number of rotatable bonds is 6. The lowest BCUT2D eigenvalue weighted by Gasteiger charge is -2.35. The van der Waals surface area contributed by atoms with Gasteiger partial charge >= 0.3 is 5.97 Å². The van der Waals surface area contributed by atoms with Crippen molar-refractivity contribution in [2.24, 2.45) is 5.92 Å². The first-order valence-corrected chi connectivity index (χ1v) is 7.82. The Morgan fingerprint density at radius 1 is 1.35 bits per heavy atom. The van der Waals surface area contributed by atoms with E-state index < -0.39 is 11.9 Å². The van der Waals surface area contributed by atoms with Gasteiger partial charge in [0.05, 0.1) is 0 Å². The molecule has 0 spiro atoms. The van der Waals surface area contributed by atoms with Gasteiger partial charge in [0.1, 0.15) is 12.4 Å². The molecule has 1 fully saturated rings. The van der Waals surface area contributed by atoms with E-state index in [2.05, 4.69) is 0 Å². The van der Waals surface area contributed by atoms with Crippen molar-refractivity contribution in [3.8, 4) is 0 Å². The monoisotopic (exact) mass is 323 g/mol. The highest BCUT2D eigenvalue weighted by molar-refractivity contribution is 5.83. The summed E-state index contributed by atoms with van der Waals surface area (Å²) in [5.74, 6) is -2.11. The number of benzene rings is 1. The van der Waals surface area contributed by atoms with Gasteiger partial charge in [-0.25, -0.2) is 4.39 Å². The number of carboxylic acids is 1. The third kappa shape index (κ3) is 4.76. The molecule has 126 valence electrons. The molecule has 1 saturated heterocycles. The van der Waals surface area contributed by atoms with Crippen molar-refractivity contribution in [1.29, 1.82) is 0 Å². The Morgan fingerprint density at radius 2 is 2.00 bits per heavy atom. The first-order valence-electron chi connectivity index (χ1n) is 7.82. The second-order valence-electron chi connectivity index (χ2n) is 5.90. The summed E-state index contributed by atoms with van der Waals surface area (Å²) in [6.45, 7) is 2.43. The molecule has 0 aliphatic carbocycles. The minimum atomic E-state index is -1.04. The Kier molecular flexibility index (Phi) is 6.10. The van der Waals surface area contributed by atoms with Crippen LogP contribution in [0, 0.1) is 11.7 Å². The minimum Gasteiger partial charge on any atom is -0.480 e. The van der Waals surface area contributed by atoms with Crippen molar-refractivity contribution < 1.29 is 23.8 Å². The van der Waals surface area contributed by atoms with Gasteiger partial charge in [-0.15, -0.1) is 0 Å². The van der Waals surface area contributed by atoms with Crippen molar-refractivity contribution in [2.45, 2.75) is 32.2 Å². The summed E-state index contributed by atoms with van der Waals surface area (Å²) in [6, 6.07) is 6.21. The fourth-order valence-electron chi connectivity index (χ4n) is 2.89. The predicted octanol–water partition coefficient (Wildman–Crippen LogP) is 2.10. The molecular weight excluding hydrogens is 301 g/mol. The van der Waals surface area contributed by atoms with Crippen molar-refractivity contribution in [2.75, 3.05) is 19.8 Å². The van der Waals surface area contributed by atoms with Gasteiger partial charge in [0.25, 0.3) is 0 Å². The minimum absolute atomic E-state index is 0.129. The lowest BCUT2D eigenvalue weighted by molar-refractivity contribution is -0.149. The predicted molar refractivity (Wildman–Crippen MR) is 82.5 cm³/mol. The number of carboxylic acid groups (broad SMARTS) is 1. The van der Waals surface area contributed by atoms with Crippen LogP contribution in [0.15, 0.2) is 24.3 Å². The highest BCUT2D eigenvalue weighted by Gasteiger charge is 2.30. The van der Waals surface area contributed by atoms with E-state index in [0.29, 0.717) is 31.6 Å². The molecule has 2 rings (SSSR count). The number of aliphatic carboxylic acids is 1. The summed E-state index contributed by atoms with van der Waals surface area (Å²) in [7, 11) is 0. The zero-order chi connectivity index (χ0) is 16.8. The molecule has 1 amide bonds. The maximum absolute atomic E-state index is 13.7. The molecular formula is C17H22FNO4. The summed E-state index contributed by atoms with van der Waals surface area (Å²) in [6.07, 6.45) is 1.52. The van der Waals surface area contributed by atoms with Gasteiger partial charge in [-0.3, -0.25) is 9.59 Å². The van der Waals surface area contributed by atoms with Crippen molar-refractivity contribution in [3.63, 3.8) is 0 Å². The molecule has 0 unspecified atom stereocenters. The van der Waals surface area contributed by atoms with E-state index in [-0.39, 0.29) is 30.7 Å². The van der Waals surface area contributed by atoms with Gasteiger partial charge in [-0.1, -0.05) is 25.1 Å². The summed E-state index contributed by atoms with van der Waals surface area (Å²) < 4.78 is 19.0. The zero-order valence-electron chi connectivity index (χ0n) is 13.2. The fourth-order valence-corrected chi connectivity index (χ4v) is 2.89. The van der Waals surface area contributed by atoms with Crippen molar-refractivity contribution >= 4 is 11.9 Å². The van der Waals surface area contributed by atoms with Crippen LogP contribution < -0.4 is 0 Å². The summed E-state index contributed by atoms with van der Waals surface area (Å²) >= 11 is 0. The molecule has 0 radical (unpaired) electrons. The Hall–Kier alpha value is -1.95. The topological polar surface area (TPSA) is 66.8 Å².